The second-order valence-electron chi connectivity index (χ2n) is 6.63. The van der Waals surface area contributed by atoms with Crippen molar-refractivity contribution in [1.82, 2.24) is 19.9 Å². The molecule has 0 unspecified atom stereocenters. The van der Waals surface area contributed by atoms with Gasteiger partial charge < -0.3 is 14.7 Å². The molecule has 2 aliphatic rings. The van der Waals surface area contributed by atoms with Gasteiger partial charge in [0.05, 0.1) is 0 Å². The molecule has 2 fully saturated rings. The quantitative estimate of drug-likeness (QED) is 0.841. The van der Waals surface area contributed by atoms with Gasteiger partial charge in [0.1, 0.15) is 5.82 Å². The van der Waals surface area contributed by atoms with Crippen LogP contribution in [-0.4, -0.2) is 59.2 Å². The summed E-state index contributed by atoms with van der Waals surface area (Å²) in [7, 11) is 0. The summed E-state index contributed by atoms with van der Waals surface area (Å²) in [5.74, 6) is 2.72. The highest BCUT2D eigenvalue weighted by atomic mass is 15.4. The Balaban J connectivity index is 1.40. The Morgan fingerprint density at radius 2 is 1.44 bits per heavy atom. The number of anilines is 3. The van der Waals surface area contributed by atoms with Gasteiger partial charge in [-0.25, -0.2) is 15.0 Å². The van der Waals surface area contributed by atoms with Gasteiger partial charge in [0.2, 0.25) is 11.9 Å². The molecule has 0 spiro atoms. The molecule has 0 radical (unpaired) electrons. The lowest BCUT2D eigenvalue weighted by Crippen LogP contribution is -2.47. The van der Waals surface area contributed by atoms with Crippen LogP contribution in [0.25, 0.3) is 0 Å². The van der Waals surface area contributed by atoms with Crippen LogP contribution in [-0.2, 0) is 6.42 Å². The molecule has 2 aromatic rings. The Morgan fingerprint density at radius 3 is 2.08 bits per heavy atom. The van der Waals surface area contributed by atoms with Crippen LogP contribution in [0.15, 0.2) is 24.7 Å². The molecule has 4 rings (SSSR count). The van der Waals surface area contributed by atoms with Crippen molar-refractivity contribution in [1.29, 1.82) is 0 Å². The molecule has 0 atom stereocenters. The van der Waals surface area contributed by atoms with E-state index >= 15 is 0 Å². The van der Waals surface area contributed by atoms with Crippen LogP contribution in [0.1, 0.15) is 25.3 Å². The predicted octanol–water partition coefficient (Wildman–Crippen LogP) is 1.76. The van der Waals surface area contributed by atoms with E-state index < -0.39 is 0 Å². The molecule has 0 saturated carbocycles. The minimum atomic E-state index is 0.823. The molecule has 0 amide bonds. The zero-order valence-electron chi connectivity index (χ0n) is 14.8. The first-order valence-electron chi connectivity index (χ1n) is 9.22. The average Bonchev–Trinajstić information content (AvgIpc) is 3.23. The molecule has 7 nitrogen and oxygen atoms in total. The van der Waals surface area contributed by atoms with Gasteiger partial charge in [-0.2, -0.15) is 4.98 Å². The van der Waals surface area contributed by atoms with Gasteiger partial charge in [0.25, 0.3) is 0 Å². The molecule has 2 aliphatic heterocycles. The van der Waals surface area contributed by atoms with Gasteiger partial charge >= 0.3 is 0 Å². The molecule has 132 valence electrons. The third-order valence-corrected chi connectivity index (χ3v) is 5.00. The van der Waals surface area contributed by atoms with Crippen LogP contribution in [0.4, 0.5) is 17.7 Å². The molecule has 2 saturated heterocycles. The van der Waals surface area contributed by atoms with Crippen molar-refractivity contribution in [3.05, 3.63) is 30.2 Å². The van der Waals surface area contributed by atoms with Gasteiger partial charge in [-0.1, -0.05) is 6.92 Å². The van der Waals surface area contributed by atoms with Gasteiger partial charge in [0.15, 0.2) is 0 Å². The van der Waals surface area contributed by atoms with E-state index in [9.17, 15) is 0 Å². The first kappa shape index (κ1) is 16.1. The highest BCUT2D eigenvalue weighted by molar-refractivity contribution is 5.45. The zero-order valence-corrected chi connectivity index (χ0v) is 14.8. The maximum absolute atomic E-state index is 4.79. The van der Waals surface area contributed by atoms with E-state index in [1.54, 1.807) is 0 Å². The lowest BCUT2D eigenvalue weighted by Gasteiger charge is -2.35. The van der Waals surface area contributed by atoms with E-state index in [-0.39, 0.29) is 0 Å². The minimum absolute atomic E-state index is 0.823. The molecular weight excluding hydrogens is 314 g/mol. The molecule has 0 aromatic carbocycles. The van der Waals surface area contributed by atoms with Crippen LogP contribution < -0.4 is 14.7 Å². The summed E-state index contributed by atoms with van der Waals surface area (Å²) in [5.41, 5.74) is 1.18. The van der Waals surface area contributed by atoms with E-state index in [1.165, 1.54) is 18.4 Å². The topological polar surface area (TPSA) is 61.3 Å². The molecule has 0 N–H and O–H groups in total. The minimum Gasteiger partial charge on any atom is -0.356 e. The number of rotatable bonds is 4. The largest absolute Gasteiger partial charge is 0.356 e. The summed E-state index contributed by atoms with van der Waals surface area (Å²) < 4.78 is 0. The number of hydrogen-bond donors (Lipinski definition) is 0. The lowest BCUT2D eigenvalue weighted by atomic mass is 10.3. The lowest BCUT2D eigenvalue weighted by molar-refractivity contribution is 0.627. The van der Waals surface area contributed by atoms with Crippen molar-refractivity contribution in [3.63, 3.8) is 0 Å². The van der Waals surface area contributed by atoms with Crippen molar-refractivity contribution in [2.75, 3.05) is 54.0 Å². The van der Waals surface area contributed by atoms with E-state index in [1.807, 2.05) is 24.7 Å². The highest BCUT2D eigenvalue weighted by Gasteiger charge is 2.22. The summed E-state index contributed by atoms with van der Waals surface area (Å²) in [6.45, 7) is 7.90. The first-order chi connectivity index (χ1) is 12.3. The maximum Gasteiger partial charge on any atom is 0.227 e. The van der Waals surface area contributed by atoms with E-state index in [0.29, 0.717) is 0 Å². The Labute approximate surface area is 148 Å². The Morgan fingerprint density at radius 1 is 0.800 bits per heavy atom. The zero-order chi connectivity index (χ0) is 17.1. The summed E-state index contributed by atoms with van der Waals surface area (Å²) in [4.78, 5) is 25.1. The molecule has 7 heteroatoms. The molecule has 25 heavy (non-hydrogen) atoms. The fraction of sp³-hybridized carbons (Fsp3) is 0.556. The number of aromatic nitrogens is 4. The van der Waals surface area contributed by atoms with Gasteiger partial charge in [-0.3, -0.25) is 0 Å². The summed E-state index contributed by atoms with van der Waals surface area (Å²) in [5, 5.41) is 0. The van der Waals surface area contributed by atoms with Crippen molar-refractivity contribution < 1.29 is 0 Å². The van der Waals surface area contributed by atoms with E-state index in [2.05, 4.69) is 36.6 Å². The van der Waals surface area contributed by atoms with Crippen molar-refractivity contribution in [2.24, 2.45) is 0 Å². The van der Waals surface area contributed by atoms with E-state index in [0.717, 1.165) is 63.4 Å². The van der Waals surface area contributed by atoms with Crippen molar-refractivity contribution >= 4 is 17.7 Å². The maximum atomic E-state index is 4.79. The number of hydrogen-bond acceptors (Lipinski definition) is 7. The average molecular weight is 339 g/mol. The Hall–Kier alpha value is -2.44. The normalized spacial score (nSPS) is 18.0. The van der Waals surface area contributed by atoms with Crippen LogP contribution >= 0.6 is 0 Å². The Kier molecular flexibility index (Phi) is 4.63. The summed E-state index contributed by atoms with van der Waals surface area (Å²) in [6.07, 6.45) is 9.23. The molecular formula is C18H25N7. The van der Waals surface area contributed by atoms with Crippen molar-refractivity contribution in [3.8, 4) is 0 Å². The molecule has 0 aliphatic carbocycles. The van der Waals surface area contributed by atoms with Crippen LogP contribution in [0.2, 0.25) is 0 Å². The van der Waals surface area contributed by atoms with Gasteiger partial charge in [0, 0.05) is 57.9 Å². The third kappa shape index (κ3) is 3.50. The predicted molar refractivity (Wildman–Crippen MR) is 99.3 cm³/mol. The summed E-state index contributed by atoms with van der Waals surface area (Å²) in [6, 6.07) is 2.02. The van der Waals surface area contributed by atoms with Gasteiger partial charge in [-0.15, -0.1) is 0 Å². The fourth-order valence-corrected chi connectivity index (χ4v) is 3.41. The van der Waals surface area contributed by atoms with Crippen LogP contribution in [0.5, 0.6) is 0 Å². The second-order valence-corrected chi connectivity index (χ2v) is 6.63. The molecule has 4 heterocycles. The Bertz CT molecular complexity index is 689. The number of aryl methyl sites for hydroxylation is 1. The van der Waals surface area contributed by atoms with Gasteiger partial charge in [-0.05, 0) is 30.9 Å². The summed E-state index contributed by atoms with van der Waals surface area (Å²) >= 11 is 0. The molecule has 2 aromatic heterocycles. The number of piperazine rings is 1. The first-order valence-corrected chi connectivity index (χ1v) is 9.22. The molecule has 0 bridgehead atoms. The van der Waals surface area contributed by atoms with Crippen LogP contribution in [0, 0.1) is 0 Å². The standard InChI is InChI=1S/C18H25N7/c1-2-15-13-20-17(21-14-15)24-9-11-25(12-10-24)18-19-6-5-16(22-18)23-7-3-4-8-23/h5-6,13-14H,2-4,7-12H2,1H3. The number of nitrogens with zero attached hydrogens (tertiary/aromatic N) is 7. The SMILES string of the molecule is CCc1cnc(N2CCN(c3nccc(N4CCCC4)n3)CC2)nc1. The monoisotopic (exact) mass is 339 g/mol. The smallest absolute Gasteiger partial charge is 0.227 e. The fourth-order valence-electron chi connectivity index (χ4n) is 3.41. The van der Waals surface area contributed by atoms with Crippen molar-refractivity contribution in [2.45, 2.75) is 26.2 Å². The van der Waals surface area contributed by atoms with E-state index in [4.69, 9.17) is 4.98 Å². The van der Waals surface area contributed by atoms with Crippen LogP contribution in [0.3, 0.4) is 0 Å². The second kappa shape index (κ2) is 7.21. The third-order valence-electron chi connectivity index (χ3n) is 5.00. The highest BCUT2D eigenvalue weighted by Crippen LogP contribution is 2.21.